The van der Waals surface area contributed by atoms with Gasteiger partial charge in [0.2, 0.25) is 0 Å². The van der Waals surface area contributed by atoms with Gasteiger partial charge in [-0.25, -0.2) is 8.42 Å². The highest BCUT2D eigenvalue weighted by Gasteiger charge is 2.24. The van der Waals surface area contributed by atoms with Crippen molar-refractivity contribution >= 4 is 20.7 Å². The van der Waals surface area contributed by atoms with E-state index in [1.807, 2.05) is 18.3 Å². The first-order chi connectivity index (χ1) is 11.1. The molecule has 0 radical (unpaired) electrons. The largest absolute Gasteiger partial charge is 0.361 e. The summed E-state index contributed by atoms with van der Waals surface area (Å²) in [4.78, 5) is 3.71. The minimum absolute atomic E-state index is 0.0600. The number of aryl methyl sites for hydroxylation is 1. The first-order valence-electron chi connectivity index (χ1n) is 7.96. The Morgan fingerprint density at radius 3 is 2.57 bits per heavy atom. The van der Waals surface area contributed by atoms with Gasteiger partial charge in [-0.05, 0) is 66.6 Å². The van der Waals surface area contributed by atoms with Crippen molar-refractivity contribution in [2.45, 2.75) is 36.8 Å². The zero-order valence-electron chi connectivity index (χ0n) is 13.1. The Hall–Kier alpha value is -2.07. The van der Waals surface area contributed by atoms with Crippen LogP contribution in [0.25, 0.3) is 10.9 Å². The maximum atomic E-state index is 12.8. The van der Waals surface area contributed by atoms with Gasteiger partial charge in [-0.1, -0.05) is 18.2 Å². The molecule has 0 bridgehead atoms. The molecule has 4 rings (SSSR count). The lowest BCUT2D eigenvalue weighted by Gasteiger charge is -2.14. The molecule has 1 aromatic heterocycles. The summed E-state index contributed by atoms with van der Waals surface area (Å²) in [5, 5.41) is 1.06. The number of nitrogens with one attached hydrogen (secondary N) is 1. The normalized spacial score (nSPS) is 14.3. The molecule has 3 aromatic rings. The number of aromatic nitrogens is 1. The van der Waals surface area contributed by atoms with Crippen molar-refractivity contribution in [3.05, 3.63) is 64.8 Å². The van der Waals surface area contributed by atoms with Crippen molar-refractivity contribution in [2.75, 3.05) is 0 Å². The van der Waals surface area contributed by atoms with Crippen molar-refractivity contribution in [1.29, 1.82) is 0 Å². The van der Waals surface area contributed by atoms with Gasteiger partial charge in [-0.2, -0.15) is 0 Å². The van der Waals surface area contributed by atoms with Crippen molar-refractivity contribution < 1.29 is 8.42 Å². The summed E-state index contributed by atoms with van der Waals surface area (Å²) in [6.45, 7) is 2.08. The summed E-state index contributed by atoms with van der Waals surface area (Å²) in [5.74, 6) is 0.0600. The minimum atomic E-state index is -3.34. The van der Waals surface area contributed by atoms with Crippen LogP contribution in [0.5, 0.6) is 0 Å². The third-order valence-corrected chi connectivity index (χ3v) is 6.59. The Bertz CT molecular complexity index is 985. The summed E-state index contributed by atoms with van der Waals surface area (Å²) in [6, 6.07) is 10.7. The first-order valence-corrected chi connectivity index (χ1v) is 9.61. The van der Waals surface area contributed by atoms with E-state index >= 15 is 0 Å². The van der Waals surface area contributed by atoms with Crippen molar-refractivity contribution in [1.82, 2.24) is 4.98 Å². The van der Waals surface area contributed by atoms with Gasteiger partial charge in [0.25, 0.3) is 0 Å². The van der Waals surface area contributed by atoms with Gasteiger partial charge in [0.05, 0.1) is 10.6 Å². The lowest BCUT2D eigenvalue weighted by atomic mass is 9.96. The summed E-state index contributed by atoms with van der Waals surface area (Å²) in [6.07, 6.45) is 5.20. The number of H-pyrrole nitrogens is 1. The lowest BCUT2D eigenvalue weighted by Crippen LogP contribution is -2.08. The Kier molecular flexibility index (Phi) is 3.31. The predicted octanol–water partition coefficient (Wildman–Crippen LogP) is 3.94. The molecule has 3 nitrogen and oxygen atoms in total. The number of hydrogen-bond acceptors (Lipinski definition) is 2. The van der Waals surface area contributed by atoms with Crippen LogP contribution in [0.2, 0.25) is 0 Å². The molecule has 0 spiro atoms. The smallest absolute Gasteiger partial charge is 0.182 e. The van der Waals surface area contributed by atoms with Crippen molar-refractivity contribution in [3.63, 3.8) is 0 Å². The molecule has 118 valence electrons. The maximum Gasteiger partial charge on any atom is 0.182 e. The molecule has 1 aliphatic carbocycles. The van der Waals surface area contributed by atoms with Gasteiger partial charge < -0.3 is 4.98 Å². The SMILES string of the molecule is Cc1c2c(c3[nH]ccc3c1CS(=O)(=O)c1ccccc1)CCC2. The zero-order valence-corrected chi connectivity index (χ0v) is 13.9. The fraction of sp³-hybridized carbons (Fsp3) is 0.263. The highest BCUT2D eigenvalue weighted by Crippen LogP contribution is 2.36. The Labute approximate surface area is 136 Å². The number of fused-ring (bicyclic) bond motifs is 3. The topological polar surface area (TPSA) is 49.9 Å². The highest BCUT2D eigenvalue weighted by molar-refractivity contribution is 7.90. The van der Waals surface area contributed by atoms with Crippen LogP contribution in [0.3, 0.4) is 0 Å². The number of sulfone groups is 1. The van der Waals surface area contributed by atoms with E-state index in [2.05, 4.69) is 11.9 Å². The molecule has 0 atom stereocenters. The molecule has 0 saturated carbocycles. The molecule has 0 amide bonds. The predicted molar refractivity (Wildman–Crippen MR) is 92.4 cm³/mol. The van der Waals surface area contributed by atoms with Gasteiger partial charge in [-0.15, -0.1) is 0 Å². The van der Waals surface area contributed by atoms with E-state index in [4.69, 9.17) is 0 Å². The minimum Gasteiger partial charge on any atom is -0.361 e. The van der Waals surface area contributed by atoms with E-state index in [9.17, 15) is 8.42 Å². The Balaban J connectivity index is 1.89. The van der Waals surface area contributed by atoms with E-state index in [1.54, 1.807) is 24.3 Å². The molecule has 4 heteroatoms. The van der Waals surface area contributed by atoms with Crippen molar-refractivity contribution in [2.24, 2.45) is 0 Å². The molecule has 0 unspecified atom stereocenters. The summed E-state index contributed by atoms with van der Waals surface area (Å²) in [7, 11) is -3.34. The fourth-order valence-corrected chi connectivity index (χ4v) is 5.27. The summed E-state index contributed by atoms with van der Waals surface area (Å²) >= 11 is 0. The van der Waals surface area contributed by atoms with Crippen LogP contribution in [0.4, 0.5) is 0 Å². The quantitative estimate of drug-likeness (QED) is 0.793. The average molecular weight is 325 g/mol. The summed E-state index contributed by atoms with van der Waals surface area (Å²) < 4.78 is 25.6. The lowest BCUT2D eigenvalue weighted by molar-refractivity contribution is 0.595. The third-order valence-electron chi connectivity index (χ3n) is 4.93. The molecule has 0 saturated heterocycles. The standard InChI is InChI=1S/C19H19NO2S/c1-13-15-8-5-9-16(15)19-17(10-11-20-19)18(13)12-23(21,22)14-6-3-2-4-7-14/h2-4,6-7,10-11,20H,5,8-9,12H2,1H3. The molecule has 1 N–H and O–H groups in total. The highest BCUT2D eigenvalue weighted by atomic mass is 32.2. The molecule has 2 aromatic carbocycles. The molecule has 1 heterocycles. The first kappa shape index (κ1) is 14.5. The molecule has 0 fully saturated rings. The Morgan fingerprint density at radius 2 is 1.78 bits per heavy atom. The Morgan fingerprint density at radius 1 is 1.04 bits per heavy atom. The molecule has 1 aliphatic rings. The number of aromatic amines is 1. The van der Waals surface area contributed by atoms with Gasteiger partial charge in [-0.3, -0.25) is 0 Å². The van der Waals surface area contributed by atoms with Crippen LogP contribution in [-0.4, -0.2) is 13.4 Å². The van der Waals surface area contributed by atoms with Crippen LogP contribution in [-0.2, 0) is 28.4 Å². The molecule has 23 heavy (non-hydrogen) atoms. The summed E-state index contributed by atoms with van der Waals surface area (Å²) in [5.41, 5.74) is 5.96. The van der Waals surface area contributed by atoms with Gasteiger partial charge in [0.1, 0.15) is 0 Å². The second kappa shape index (κ2) is 5.24. The maximum absolute atomic E-state index is 12.8. The van der Waals surface area contributed by atoms with Gasteiger partial charge in [0, 0.05) is 17.1 Å². The van der Waals surface area contributed by atoms with E-state index in [-0.39, 0.29) is 5.75 Å². The average Bonchev–Trinajstić information content (AvgIpc) is 3.20. The number of benzene rings is 2. The van der Waals surface area contributed by atoms with Crippen LogP contribution < -0.4 is 0 Å². The second-order valence-electron chi connectivity index (χ2n) is 6.25. The second-order valence-corrected chi connectivity index (χ2v) is 8.24. The van der Waals surface area contributed by atoms with Crippen molar-refractivity contribution in [3.8, 4) is 0 Å². The third kappa shape index (κ3) is 2.29. The monoisotopic (exact) mass is 325 g/mol. The number of hydrogen-bond donors (Lipinski definition) is 1. The van der Waals surface area contributed by atoms with E-state index in [1.165, 1.54) is 11.1 Å². The number of rotatable bonds is 3. The zero-order chi connectivity index (χ0) is 16.0. The van der Waals surface area contributed by atoms with E-state index in [0.29, 0.717) is 4.90 Å². The van der Waals surface area contributed by atoms with Crippen LogP contribution in [0.15, 0.2) is 47.5 Å². The van der Waals surface area contributed by atoms with Gasteiger partial charge >= 0.3 is 0 Å². The van der Waals surface area contributed by atoms with Gasteiger partial charge in [0.15, 0.2) is 9.84 Å². The van der Waals surface area contributed by atoms with E-state index < -0.39 is 9.84 Å². The molecule has 0 aliphatic heterocycles. The van der Waals surface area contributed by atoms with Crippen LogP contribution >= 0.6 is 0 Å². The molecular weight excluding hydrogens is 306 g/mol. The van der Waals surface area contributed by atoms with Crippen LogP contribution in [0.1, 0.15) is 28.7 Å². The molecular formula is C19H19NO2S. The van der Waals surface area contributed by atoms with E-state index in [0.717, 1.165) is 41.3 Å². The van der Waals surface area contributed by atoms with Crippen LogP contribution in [0, 0.1) is 6.92 Å². The fourth-order valence-electron chi connectivity index (χ4n) is 3.78.